The van der Waals surface area contributed by atoms with Crippen LogP contribution in [-0.4, -0.2) is 7.11 Å². The van der Waals surface area contributed by atoms with Crippen molar-refractivity contribution in [1.29, 1.82) is 0 Å². The molecule has 1 heterocycles. The van der Waals surface area contributed by atoms with Gasteiger partial charge in [0.05, 0.1) is 6.04 Å². The van der Waals surface area contributed by atoms with Gasteiger partial charge >= 0.3 is 0 Å². The molecule has 18 heavy (non-hydrogen) atoms. The van der Waals surface area contributed by atoms with E-state index in [2.05, 4.69) is 0 Å². The molecule has 0 fully saturated rings. The van der Waals surface area contributed by atoms with E-state index >= 15 is 0 Å². The SMILES string of the molecule is COCc1ccc(C(N)c2cc(Cl)ccc2Cl)o1. The fourth-order valence-electron chi connectivity index (χ4n) is 1.69. The number of ether oxygens (including phenoxy) is 1. The number of methoxy groups -OCH3 is 1. The Hall–Kier alpha value is -1.00. The number of nitrogens with two attached hydrogens (primary N) is 1. The van der Waals surface area contributed by atoms with Gasteiger partial charge in [-0.05, 0) is 35.9 Å². The molecule has 1 unspecified atom stereocenters. The van der Waals surface area contributed by atoms with Crippen molar-refractivity contribution in [2.75, 3.05) is 7.11 Å². The second kappa shape index (κ2) is 5.76. The van der Waals surface area contributed by atoms with Gasteiger partial charge in [0.2, 0.25) is 0 Å². The Kier molecular flexibility index (Phi) is 4.30. The molecule has 0 aliphatic rings. The number of rotatable bonds is 4. The average molecular weight is 286 g/mol. The van der Waals surface area contributed by atoms with Crippen LogP contribution in [0.4, 0.5) is 0 Å². The van der Waals surface area contributed by atoms with Crippen LogP contribution in [0, 0.1) is 0 Å². The molecule has 3 nitrogen and oxygen atoms in total. The maximum absolute atomic E-state index is 6.12. The maximum Gasteiger partial charge on any atom is 0.129 e. The van der Waals surface area contributed by atoms with Crippen LogP contribution < -0.4 is 5.73 Å². The van der Waals surface area contributed by atoms with Gasteiger partial charge in [-0.1, -0.05) is 23.2 Å². The van der Waals surface area contributed by atoms with Crippen LogP contribution in [0.3, 0.4) is 0 Å². The zero-order valence-electron chi connectivity index (χ0n) is 9.82. The minimum Gasteiger partial charge on any atom is -0.462 e. The Morgan fingerprint density at radius 3 is 2.78 bits per heavy atom. The summed E-state index contributed by atoms with van der Waals surface area (Å²) in [4.78, 5) is 0. The summed E-state index contributed by atoms with van der Waals surface area (Å²) in [5.41, 5.74) is 6.86. The highest BCUT2D eigenvalue weighted by Gasteiger charge is 2.16. The van der Waals surface area contributed by atoms with Crippen LogP contribution in [0.15, 0.2) is 34.7 Å². The molecule has 1 aromatic carbocycles. The Balaban J connectivity index is 2.29. The van der Waals surface area contributed by atoms with Crippen LogP contribution in [0.25, 0.3) is 0 Å². The number of hydrogen-bond donors (Lipinski definition) is 1. The molecule has 2 N–H and O–H groups in total. The van der Waals surface area contributed by atoms with E-state index in [1.165, 1.54) is 0 Å². The maximum atomic E-state index is 6.12. The van der Waals surface area contributed by atoms with Gasteiger partial charge < -0.3 is 14.9 Å². The monoisotopic (exact) mass is 285 g/mol. The van der Waals surface area contributed by atoms with E-state index in [-0.39, 0.29) is 0 Å². The smallest absolute Gasteiger partial charge is 0.129 e. The topological polar surface area (TPSA) is 48.4 Å². The second-order valence-corrected chi connectivity index (χ2v) is 4.72. The van der Waals surface area contributed by atoms with Crippen LogP contribution in [0.5, 0.6) is 0 Å². The van der Waals surface area contributed by atoms with Crippen molar-refractivity contribution in [1.82, 2.24) is 0 Å². The first kappa shape index (κ1) is 13.4. The third-order valence-corrected chi connectivity index (χ3v) is 3.15. The molecule has 0 saturated heterocycles. The first-order chi connectivity index (χ1) is 8.61. The van der Waals surface area contributed by atoms with Gasteiger partial charge in [-0.15, -0.1) is 0 Å². The van der Waals surface area contributed by atoms with E-state index in [0.29, 0.717) is 22.4 Å². The minimum atomic E-state index is -0.443. The molecule has 1 atom stereocenters. The largest absolute Gasteiger partial charge is 0.462 e. The summed E-state index contributed by atoms with van der Waals surface area (Å²) >= 11 is 12.0. The summed E-state index contributed by atoms with van der Waals surface area (Å²) in [6.45, 7) is 0.413. The lowest BCUT2D eigenvalue weighted by molar-refractivity contribution is 0.162. The van der Waals surface area contributed by atoms with Crippen LogP contribution in [-0.2, 0) is 11.3 Å². The minimum absolute atomic E-state index is 0.413. The van der Waals surface area contributed by atoms with Crippen molar-refractivity contribution in [3.63, 3.8) is 0 Å². The zero-order chi connectivity index (χ0) is 13.1. The number of benzene rings is 1. The highest BCUT2D eigenvalue weighted by atomic mass is 35.5. The van der Waals surface area contributed by atoms with Crippen LogP contribution >= 0.6 is 23.2 Å². The predicted molar refractivity (Wildman–Crippen MR) is 71.9 cm³/mol. The molecule has 2 rings (SSSR count). The standard InChI is InChI=1S/C13H13Cl2NO2/c1-17-7-9-3-5-12(18-9)13(16)10-6-8(14)2-4-11(10)15/h2-6,13H,7,16H2,1H3. The fraction of sp³-hybridized carbons (Fsp3) is 0.231. The van der Waals surface area contributed by atoms with E-state index < -0.39 is 6.04 Å². The average Bonchev–Trinajstić information content (AvgIpc) is 2.80. The molecule has 5 heteroatoms. The Labute approximate surface area is 115 Å². The van der Waals surface area contributed by atoms with Crippen LogP contribution in [0.1, 0.15) is 23.1 Å². The molecule has 2 aromatic rings. The summed E-state index contributed by atoms with van der Waals surface area (Å²) in [7, 11) is 1.61. The third-order valence-electron chi connectivity index (χ3n) is 2.57. The molecule has 0 radical (unpaired) electrons. The van der Waals surface area contributed by atoms with E-state index in [1.807, 2.05) is 12.1 Å². The number of furan rings is 1. The number of hydrogen-bond acceptors (Lipinski definition) is 3. The Morgan fingerprint density at radius 2 is 2.06 bits per heavy atom. The fourth-order valence-corrected chi connectivity index (χ4v) is 2.10. The van der Waals surface area contributed by atoms with Gasteiger partial charge in [-0.25, -0.2) is 0 Å². The molecular formula is C13H13Cl2NO2. The number of halogens is 2. The van der Waals surface area contributed by atoms with E-state index in [9.17, 15) is 0 Å². The van der Waals surface area contributed by atoms with Crippen molar-refractivity contribution in [2.24, 2.45) is 5.73 Å². The van der Waals surface area contributed by atoms with Gasteiger partial charge in [0.25, 0.3) is 0 Å². The third kappa shape index (κ3) is 2.87. The lowest BCUT2D eigenvalue weighted by atomic mass is 10.1. The van der Waals surface area contributed by atoms with Crippen molar-refractivity contribution >= 4 is 23.2 Å². The molecule has 0 aliphatic heterocycles. The van der Waals surface area contributed by atoms with Gasteiger partial charge in [0, 0.05) is 17.2 Å². The molecule has 96 valence electrons. The first-order valence-electron chi connectivity index (χ1n) is 5.40. The molecule has 0 amide bonds. The van der Waals surface area contributed by atoms with Crippen molar-refractivity contribution in [2.45, 2.75) is 12.6 Å². The van der Waals surface area contributed by atoms with E-state index in [4.69, 9.17) is 38.1 Å². The van der Waals surface area contributed by atoms with E-state index in [0.717, 1.165) is 11.3 Å². The van der Waals surface area contributed by atoms with Crippen molar-refractivity contribution in [3.8, 4) is 0 Å². The van der Waals surface area contributed by atoms with Gasteiger partial charge in [-0.2, -0.15) is 0 Å². The molecule has 0 bridgehead atoms. The van der Waals surface area contributed by atoms with Gasteiger partial charge in [0.1, 0.15) is 18.1 Å². The van der Waals surface area contributed by atoms with Crippen LogP contribution in [0.2, 0.25) is 10.0 Å². The molecule has 1 aromatic heterocycles. The molecule has 0 spiro atoms. The lowest BCUT2D eigenvalue weighted by Crippen LogP contribution is -2.11. The summed E-state index contributed by atoms with van der Waals surface area (Å²) in [6.07, 6.45) is 0. The summed E-state index contributed by atoms with van der Waals surface area (Å²) in [5.74, 6) is 1.35. The summed E-state index contributed by atoms with van der Waals surface area (Å²) < 4.78 is 10.6. The second-order valence-electron chi connectivity index (χ2n) is 3.88. The summed E-state index contributed by atoms with van der Waals surface area (Å²) in [6, 6.07) is 8.39. The highest BCUT2D eigenvalue weighted by Crippen LogP contribution is 2.30. The quantitative estimate of drug-likeness (QED) is 0.930. The Morgan fingerprint density at radius 1 is 1.28 bits per heavy atom. The normalized spacial score (nSPS) is 12.7. The van der Waals surface area contributed by atoms with Crippen molar-refractivity contribution in [3.05, 3.63) is 57.5 Å². The van der Waals surface area contributed by atoms with Gasteiger partial charge in [-0.3, -0.25) is 0 Å². The zero-order valence-corrected chi connectivity index (χ0v) is 11.3. The predicted octanol–water partition coefficient (Wildman–Crippen LogP) is 3.78. The van der Waals surface area contributed by atoms with Crippen molar-refractivity contribution < 1.29 is 9.15 Å². The Bertz CT molecular complexity index is 540. The molecular weight excluding hydrogens is 273 g/mol. The first-order valence-corrected chi connectivity index (χ1v) is 6.15. The van der Waals surface area contributed by atoms with Gasteiger partial charge in [0.15, 0.2) is 0 Å². The molecule has 0 saturated carbocycles. The summed E-state index contributed by atoms with van der Waals surface area (Å²) in [5, 5.41) is 1.16. The van der Waals surface area contributed by atoms with E-state index in [1.54, 1.807) is 25.3 Å². The highest BCUT2D eigenvalue weighted by molar-refractivity contribution is 6.33. The molecule has 0 aliphatic carbocycles. The lowest BCUT2D eigenvalue weighted by Gasteiger charge is -2.11.